The topological polar surface area (TPSA) is 50.7 Å². The Kier molecular flexibility index (Phi) is 5.86. The van der Waals surface area contributed by atoms with Crippen molar-refractivity contribution in [1.29, 1.82) is 0 Å². The van der Waals surface area contributed by atoms with Gasteiger partial charge in [0, 0.05) is 11.3 Å². The maximum absolute atomic E-state index is 13.4. The molecule has 0 aliphatic heterocycles. The Morgan fingerprint density at radius 3 is 2.78 bits per heavy atom. The second kappa shape index (κ2) is 8.08. The number of aryl methyl sites for hydroxylation is 2. The molecule has 0 fully saturated rings. The van der Waals surface area contributed by atoms with Crippen molar-refractivity contribution < 1.29 is 14.0 Å². The predicted octanol–water partition coefficient (Wildman–Crippen LogP) is 3.69. The summed E-state index contributed by atoms with van der Waals surface area (Å²) in [6.45, 7) is 3.73. The molecule has 2 aromatic rings. The molecule has 2 rings (SSSR count). The van der Waals surface area contributed by atoms with Crippen LogP contribution in [0.25, 0.3) is 0 Å². The monoisotopic (exact) mass is 314 g/mol. The lowest BCUT2D eigenvalue weighted by atomic mass is 10.1. The minimum atomic E-state index is -0.392. The number of amides is 1. The molecule has 1 amide bonds. The van der Waals surface area contributed by atoms with Gasteiger partial charge >= 0.3 is 0 Å². The lowest BCUT2D eigenvalue weighted by Gasteiger charge is -2.12. The highest BCUT2D eigenvalue weighted by Crippen LogP contribution is 2.20. The van der Waals surface area contributed by atoms with Gasteiger partial charge in [0.25, 0.3) is 5.91 Å². The van der Waals surface area contributed by atoms with Crippen LogP contribution in [0.3, 0.4) is 0 Å². The SMILES string of the molecule is CCc1cccc(C)c1NC(=O)CO/N=C\c1ccccc1F. The quantitative estimate of drug-likeness (QED) is 0.653. The predicted molar refractivity (Wildman–Crippen MR) is 89.1 cm³/mol. The van der Waals surface area contributed by atoms with Crippen molar-refractivity contribution in [3.05, 3.63) is 65.0 Å². The van der Waals surface area contributed by atoms with Crippen molar-refractivity contribution in [2.45, 2.75) is 20.3 Å². The fraction of sp³-hybridized carbons (Fsp3) is 0.222. The van der Waals surface area contributed by atoms with Gasteiger partial charge in [-0.3, -0.25) is 4.79 Å². The third-order valence-electron chi connectivity index (χ3n) is 3.37. The smallest absolute Gasteiger partial charge is 0.265 e. The maximum atomic E-state index is 13.4. The fourth-order valence-corrected chi connectivity index (χ4v) is 2.15. The van der Waals surface area contributed by atoms with E-state index in [0.29, 0.717) is 5.56 Å². The van der Waals surface area contributed by atoms with Crippen molar-refractivity contribution in [3.63, 3.8) is 0 Å². The number of para-hydroxylation sites is 1. The summed E-state index contributed by atoms with van der Waals surface area (Å²) in [6, 6.07) is 12.1. The number of rotatable bonds is 6. The number of nitrogens with zero attached hydrogens (tertiary/aromatic N) is 1. The number of nitrogens with one attached hydrogen (secondary N) is 1. The maximum Gasteiger partial charge on any atom is 0.265 e. The van der Waals surface area contributed by atoms with Gasteiger partial charge < -0.3 is 10.2 Å². The van der Waals surface area contributed by atoms with Gasteiger partial charge in [-0.2, -0.15) is 0 Å². The van der Waals surface area contributed by atoms with E-state index in [1.165, 1.54) is 12.3 Å². The Hall–Kier alpha value is -2.69. The first-order valence-corrected chi connectivity index (χ1v) is 7.40. The van der Waals surface area contributed by atoms with Gasteiger partial charge in [-0.05, 0) is 30.5 Å². The van der Waals surface area contributed by atoms with E-state index < -0.39 is 5.82 Å². The van der Waals surface area contributed by atoms with Crippen LogP contribution in [-0.4, -0.2) is 18.7 Å². The molecule has 0 aliphatic rings. The van der Waals surface area contributed by atoms with Gasteiger partial charge in [-0.15, -0.1) is 0 Å². The molecular weight excluding hydrogens is 295 g/mol. The fourth-order valence-electron chi connectivity index (χ4n) is 2.15. The number of hydrogen-bond acceptors (Lipinski definition) is 3. The molecule has 2 aromatic carbocycles. The Bertz CT molecular complexity index is 714. The van der Waals surface area contributed by atoms with E-state index in [4.69, 9.17) is 4.84 Å². The average Bonchev–Trinajstić information content (AvgIpc) is 2.55. The van der Waals surface area contributed by atoms with E-state index in [-0.39, 0.29) is 12.5 Å². The van der Waals surface area contributed by atoms with Gasteiger partial charge in [0.05, 0.1) is 6.21 Å². The molecule has 0 aliphatic carbocycles. The van der Waals surface area contributed by atoms with Crippen molar-refractivity contribution in [2.24, 2.45) is 5.16 Å². The first-order chi connectivity index (χ1) is 11.1. The highest BCUT2D eigenvalue weighted by Gasteiger charge is 2.08. The molecule has 120 valence electrons. The molecule has 0 heterocycles. The molecule has 0 saturated carbocycles. The number of anilines is 1. The Morgan fingerprint density at radius 1 is 1.26 bits per heavy atom. The van der Waals surface area contributed by atoms with Crippen LogP contribution in [-0.2, 0) is 16.1 Å². The zero-order valence-corrected chi connectivity index (χ0v) is 13.2. The average molecular weight is 314 g/mol. The summed E-state index contributed by atoms with van der Waals surface area (Å²) in [5.41, 5.74) is 3.17. The molecule has 0 aromatic heterocycles. The number of carbonyl (C=O) groups excluding carboxylic acids is 1. The van der Waals surface area contributed by atoms with Crippen LogP contribution in [0.15, 0.2) is 47.6 Å². The van der Waals surface area contributed by atoms with Gasteiger partial charge in [0.15, 0.2) is 6.61 Å². The van der Waals surface area contributed by atoms with Crippen molar-refractivity contribution >= 4 is 17.8 Å². The second-order valence-corrected chi connectivity index (χ2v) is 5.04. The van der Waals surface area contributed by atoms with Crippen LogP contribution in [0, 0.1) is 12.7 Å². The van der Waals surface area contributed by atoms with E-state index in [2.05, 4.69) is 10.5 Å². The zero-order chi connectivity index (χ0) is 16.7. The van der Waals surface area contributed by atoms with Crippen LogP contribution in [0.4, 0.5) is 10.1 Å². The van der Waals surface area contributed by atoms with Crippen LogP contribution in [0.5, 0.6) is 0 Å². The molecular formula is C18H19FN2O2. The Labute approximate surface area is 135 Å². The van der Waals surface area contributed by atoms with E-state index in [0.717, 1.165) is 23.2 Å². The molecule has 5 heteroatoms. The Morgan fingerprint density at radius 2 is 2.04 bits per heavy atom. The second-order valence-electron chi connectivity index (χ2n) is 5.04. The van der Waals surface area contributed by atoms with Crippen molar-refractivity contribution in [1.82, 2.24) is 0 Å². The van der Waals surface area contributed by atoms with E-state index in [9.17, 15) is 9.18 Å². The van der Waals surface area contributed by atoms with Crippen LogP contribution < -0.4 is 5.32 Å². The summed E-state index contributed by atoms with van der Waals surface area (Å²) < 4.78 is 13.4. The van der Waals surface area contributed by atoms with Gasteiger partial charge in [0.1, 0.15) is 5.82 Å². The van der Waals surface area contributed by atoms with Gasteiger partial charge in [0.2, 0.25) is 0 Å². The zero-order valence-electron chi connectivity index (χ0n) is 13.2. The summed E-state index contributed by atoms with van der Waals surface area (Å²) in [7, 11) is 0. The Balaban J connectivity index is 1.90. The first kappa shape index (κ1) is 16.7. The number of oxime groups is 1. The molecule has 23 heavy (non-hydrogen) atoms. The lowest BCUT2D eigenvalue weighted by molar-refractivity contribution is -0.120. The molecule has 0 bridgehead atoms. The van der Waals surface area contributed by atoms with E-state index >= 15 is 0 Å². The molecule has 0 spiro atoms. The minimum Gasteiger partial charge on any atom is -0.386 e. The highest BCUT2D eigenvalue weighted by atomic mass is 19.1. The number of hydrogen-bond donors (Lipinski definition) is 1. The summed E-state index contributed by atoms with van der Waals surface area (Å²) in [5, 5.41) is 6.45. The molecule has 0 unspecified atom stereocenters. The third-order valence-corrected chi connectivity index (χ3v) is 3.37. The van der Waals surface area contributed by atoms with Gasteiger partial charge in [-0.1, -0.05) is 48.5 Å². The minimum absolute atomic E-state index is 0.234. The first-order valence-electron chi connectivity index (χ1n) is 7.40. The molecule has 0 radical (unpaired) electrons. The molecule has 1 N–H and O–H groups in total. The van der Waals surface area contributed by atoms with E-state index in [1.807, 2.05) is 32.0 Å². The molecule has 0 atom stereocenters. The highest BCUT2D eigenvalue weighted by molar-refractivity contribution is 5.93. The molecule has 0 saturated heterocycles. The normalized spacial score (nSPS) is 10.7. The third kappa shape index (κ3) is 4.64. The summed E-state index contributed by atoms with van der Waals surface area (Å²) in [5.74, 6) is -0.698. The van der Waals surface area contributed by atoms with Crippen molar-refractivity contribution in [3.8, 4) is 0 Å². The molecule has 4 nitrogen and oxygen atoms in total. The summed E-state index contributed by atoms with van der Waals surface area (Å²) in [6.07, 6.45) is 2.07. The lowest BCUT2D eigenvalue weighted by Crippen LogP contribution is -2.18. The number of benzene rings is 2. The largest absolute Gasteiger partial charge is 0.386 e. The van der Waals surface area contributed by atoms with Crippen LogP contribution in [0.1, 0.15) is 23.6 Å². The van der Waals surface area contributed by atoms with E-state index in [1.54, 1.807) is 18.2 Å². The summed E-state index contributed by atoms with van der Waals surface area (Å²) >= 11 is 0. The van der Waals surface area contributed by atoms with Crippen LogP contribution in [0.2, 0.25) is 0 Å². The standard InChI is InChI=1S/C18H19FN2O2/c1-3-14-9-6-7-13(2)18(14)21-17(22)12-23-20-11-15-8-4-5-10-16(15)19/h4-11H,3,12H2,1-2H3,(H,21,22)/b20-11-. The van der Waals surface area contributed by atoms with Crippen molar-refractivity contribution in [2.75, 3.05) is 11.9 Å². The van der Waals surface area contributed by atoms with Gasteiger partial charge in [-0.25, -0.2) is 4.39 Å². The number of carbonyl (C=O) groups is 1. The summed E-state index contributed by atoms with van der Waals surface area (Å²) in [4.78, 5) is 16.9. The van der Waals surface area contributed by atoms with Crippen LogP contribution >= 0.6 is 0 Å². The number of halogens is 1.